The van der Waals surface area contributed by atoms with Crippen LogP contribution in [0, 0.1) is 5.82 Å². The lowest BCUT2D eigenvalue weighted by molar-refractivity contribution is -0.132. The van der Waals surface area contributed by atoms with Gasteiger partial charge in [0.25, 0.3) is 0 Å². The molecule has 152 valence electrons. The Kier molecular flexibility index (Phi) is 8.69. The van der Waals surface area contributed by atoms with Crippen molar-refractivity contribution in [1.82, 2.24) is 10.2 Å². The number of nitrogens with zero attached hydrogens (tertiary/aromatic N) is 1. The SMILES string of the molecule is CCc1cc(C(CC(=O)N(CC)CCO)NC(=O)OC(C)(C)C)ccc1F. The molecule has 0 aliphatic carbocycles. The monoisotopic (exact) mass is 382 g/mol. The number of aliphatic hydroxyl groups excluding tert-OH is 1. The predicted molar refractivity (Wildman–Crippen MR) is 102 cm³/mol. The topological polar surface area (TPSA) is 78.9 Å². The first-order valence-electron chi connectivity index (χ1n) is 9.27. The number of aliphatic hydroxyl groups is 1. The van der Waals surface area contributed by atoms with E-state index in [1.807, 2.05) is 13.8 Å². The molecule has 2 N–H and O–H groups in total. The van der Waals surface area contributed by atoms with Crippen molar-refractivity contribution in [3.63, 3.8) is 0 Å². The molecule has 27 heavy (non-hydrogen) atoms. The second kappa shape index (κ2) is 10.3. The summed E-state index contributed by atoms with van der Waals surface area (Å²) in [5, 5.41) is 11.8. The van der Waals surface area contributed by atoms with Crippen LogP contribution in [0.15, 0.2) is 18.2 Å². The molecule has 1 aromatic rings. The number of benzene rings is 1. The van der Waals surface area contributed by atoms with E-state index in [1.54, 1.807) is 32.9 Å². The van der Waals surface area contributed by atoms with Gasteiger partial charge in [-0.15, -0.1) is 0 Å². The van der Waals surface area contributed by atoms with E-state index in [2.05, 4.69) is 5.32 Å². The molecule has 0 aromatic heterocycles. The normalized spacial score (nSPS) is 12.4. The number of amides is 2. The Bertz CT molecular complexity index is 643. The van der Waals surface area contributed by atoms with Crippen LogP contribution in [0.4, 0.5) is 9.18 Å². The van der Waals surface area contributed by atoms with E-state index < -0.39 is 17.7 Å². The van der Waals surface area contributed by atoms with Crippen LogP contribution in [-0.2, 0) is 16.0 Å². The highest BCUT2D eigenvalue weighted by molar-refractivity contribution is 5.78. The van der Waals surface area contributed by atoms with Crippen LogP contribution in [-0.4, -0.2) is 47.3 Å². The van der Waals surface area contributed by atoms with Gasteiger partial charge in [0.05, 0.1) is 19.1 Å². The van der Waals surface area contributed by atoms with Crippen LogP contribution in [0.5, 0.6) is 0 Å². The molecule has 0 aliphatic rings. The number of hydrogen-bond donors (Lipinski definition) is 2. The maximum Gasteiger partial charge on any atom is 0.408 e. The first kappa shape index (κ1) is 22.9. The van der Waals surface area contributed by atoms with E-state index in [1.165, 1.54) is 11.0 Å². The molecule has 7 heteroatoms. The molecule has 1 unspecified atom stereocenters. The van der Waals surface area contributed by atoms with Gasteiger partial charge < -0.3 is 20.1 Å². The fraction of sp³-hybridized carbons (Fsp3) is 0.600. The minimum Gasteiger partial charge on any atom is -0.444 e. The molecule has 0 spiro atoms. The molecular formula is C20H31FN2O4. The zero-order valence-corrected chi connectivity index (χ0v) is 16.8. The molecule has 0 saturated carbocycles. The molecule has 1 rings (SSSR count). The number of halogens is 1. The van der Waals surface area contributed by atoms with E-state index >= 15 is 0 Å². The molecule has 0 radical (unpaired) electrons. The predicted octanol–water partition coefficient (Wildman–Crippen LogP) is 3.18. The highest BCUT2D eigenvalue weighted by atomic mass is 19.1. The Balaban J connectivity index is 3.08. The number of carbonyl (C=O) groups is 2. The number of ether oxygens (including phenoxy) is 1. The van der Waals surface area contributed by atoms with Crippen molar-refractivity contribution < 1.29 is 23.8 Å². The van der Waals surface area contributed by atoms with Gasteiger partial charge in [0.1, 0.15) is 11.4 Å². The Morgan fingerprint density at radius 2 is 1.96 bits per heavy atom. The number of carbonyl (C=O) groups excluding carboxylic acids is 2. The zero-order valence-electron chi connectivity index (χ0n) is 16.8. The van der Waals surface area contributed by atoms with Gasteiger partial charge in [-0.05, 0) is 51.3 Å². The van der Waals surface area contributed by atoms with Crippen molar-refractivity contribution >= 4 is 12.0 Å². The standard InChI is InChI=1S/C20H31FN2O4/c1-6-14-12-15(8-9-16(14)21)17(22-19(26)27-20(3,4)5)13-18(25)23(7-2)10-11-24/h8-9,12,17,24H,6-7,10-11,13H2,1-5H3,(H,22,26). The number of nitrogens with one attached hydrogen (secondary N) is 1. The van der Waals surface area contributed by atoms with Crippen LogP contribution in [0.2, 0.25) is 0 Å². The molecule has 0 fully saturated rings. The summed E-state index contributed by atoms with van der Waals surface area (Å²) < 4.78 is 19.1. The van der Waals surface area contributed by atoms with Crippen molar-refractivity contribution in [2.45, 2.75) is 59.1 Å². The number of likely N-dealkylation sites (N-methyl/N-ethyl adjacent to an activating group) is 1. The summed E-state index contributed by atoms with van der Waals surface area (Å²) in [5.74, 6) is -0.533. The summed E-state index contributed by atoms with van der Waals surface area (Å²) in [7, 11) is 0. The van der Waals surface area contributed by atoms with Crippen molar-refractivity contribution in [3.8, 4) is 0 Å². The molecule has 0 saturated heterocycles. The first-order valence-corrected chi connectivity index (χ1v) is 9.27. The molecule has 0 bridgehead atoms. The van der Waals surface area contributed by atoms with Crippen molar-refractivity contribution in [2.75, 3.05) is 19.7 Å². The number of alkyl carbamates (subject to hydrolysis) is 1. The van der Waals surface area contributed by atoms with Gasteiger partial charge in [-0.3, -0.25) is 4.79 Å². The van der Waals surface area contributed by atoms with Crippen LogP contribution >= 0.6 is 0 Å². The summed E-state index contributed by atoms with van der Waals surface area (Å²) >= 11 is 0. The van der Waals surface area contributed by atoms with Gasteiger partial charge in [0.2, 0.25) is 5.91 Å². The molecule has 6 nitrogen and oxygen atoms in total. The van der Waals surface area contributed by atoms with Crippen LogP contribution in [0.1, 0.15) is 58.2 Å². The highest BCUT2D eigenvalue weighted by Crippen LogP contribution is 2.22. The number of hydrogen-bond acceptors (Lipinski definition) is 4. The summed E-state index contributed by atoms with van der Waals surface area (Å²) in [6.07, 6.45) is -0.159. The maximum atomic E-state index is 13.8. The van der Waals surface area contributed by atoms with Gasteiger partial charge in [0.15, 0.2) is 0 Å². The average Bonchev–Trinajstić information content (AvgIpc) is 2.57. The third kappa shape index (κ3) is 7.54. The van der Waals surface area contributed by atoms with Crippen LogP contribution in [0.25, 0.3) is 0 Å². The van der Waals surface area contributed by atoms with E-state index in [0.717, 1.165) is 0 Å². The minimum absolute atomic E-state index is 0.0120. The lowest BCUT2D eigenvalue weighted by atomic mass is 9.99. The quantitative estimate of drug-likeness (QED) is 0.724. The molecule has 0 heterocycles. The minimum atomic E-state index is -0.678. The highest BCUT2D eigenvalue weighted by Gasteiger charge is 2.25. The average molecular weight is 382 g/mol. The van der Waals surface area contributed by atoms with Gasteiger partial charge in [0, 0.05) is 13.1 Å². The third-order valence-corrected chi connectivity index (χ3v) is 4.03. The van der Waals surface area contributed by atoms with Crippen molar-refractivity contribution in [1.29, 1.82) is 0 Å². The van der Waals surface area contributed by atoms with E-state index in [4.69, 9.17) is 9.84 Å². The number of aryl methyl sites for hydroxylation is 1. The molecule has 0 aliphatic heterocycles. The lowest BCUT2D eigenvalue weighted by Gasteiger charge is -2.26. The van der Waals surface area contributed by atoms with E-state index in [0.29, 0.717) is 24.1 Å². The molecule has 2 amide bonds. The summed E-state index contributed by atoms with van der Waals surface area (Å²) in [6, 6.07) is 3.90. The Morgan fingerprint density at radius 1 is 1.30 bits per heavy atom. The van der Waals surface area contributed by atoms with Gasteiger partial charge >= 0.3 is 6.09 Å². The molecule has 1 atom stereocenters. The molecular weight excluding hydrogens is 351 g/mol. The van der Waals surface area contributed by atoms with Crippen LogP contribution < -0.4 is 5.32 Å². The summed E-state index contributed by atoms with van der Waals surface area (Å²) in [5.41, 5.74) is 0.466. The second-order valence-electron chi connectivity index (χ2n) is 7.30. The summed E-state index contributed by atoms with van der Waals surface area (Å²) in [4.78, 5) is 26.3. The van der Waals surface area contributed by atoms with Crippen molar-refractivity contribution in [2.24, 2.45) is 0 Å². The van der Waals surface area contributed by atoms with Crippen LogP contribution in [0.3, 0.4) is 0 Å². The van der Waals surface area contributed by atoms with Gasteiger partial charge in [-0.25, -0.2) is 9.18 Å². The number of rotatable bonds is 8. The fourth-order valence-corrected chi connectivity index (χ4v) is 2.67. The van der Waals surface area contributed by atoms with E-state index in [-0.39, 0.29) is 31.3 Å². The van der Waals surface area contributed by atoms with Gasteiger partial charge in [-0.2, -0.15) is 0 Å². The van der Waals surface area contributed by atoms with Crippen molar-refractivity contribution in [3.05, 3.63) is 35.1 Å². The second-order valence-corrected chi connectivity index (χ2v) is 7.30. The largest absolute Gasteiger partial charge is 0.444 e. The third-order valence-electron chi connectivity index (χ3n) is 4.03. The van der Waals surface area contributed by atoms with Gasteiger partial charge in [-0.1, -0.05) is 19.1 Å². The zero-order chi connectivity index (χ0) is 20.6. The summed E-state index contributed by atoms with van der Waals surface area (Å²) in [6.45, 7) is 9.43. The Labute approximate surface area is 160 Å². The maximum absolute atomic E-state index is 13.8. The Hall–Kier alpha value is -2.15. The molecule has 1 aromatic carbocycles. The Morgan fingerprint density at radius 3 is 2.48 bits per heavy atom. The smallest absolute Gasteiger partial charge is 0.408 e. The van der Waals surface area contributed by atoms with E-state index in [9.17, 15) is 14.0 Å². The first-order chi connectivity index (χ1) is 12.6. The fourth-order valence-electron chi connectivity index (χ4n) is 2.67. The lowest BCUT2D eigenvalue weighted by Crippen LogP contribution is -2.39.